The largest absolute Gasteiger partial charge is 0.338 e. The second-order valence-electron chi connectivity index (χ2n) is 6.56. The summed E-state index contributed by atoms with van der Waals surface area (Å²) in [7, 11) is 0. The SMILES string of the molecule is C=CCN(Cc1ccccc1)C(=O)NCC(C)Cn1nc(C)cc1C. The quantitative estimate of drug-likeness (QED) is 0.747. The highest BCUT2D eigenvalue weighted by Crippen LogP contribution is 2.07. The molecule has 25 heavy (non-hydrogen) atoms. The van der Waals surface area contributed by atoms with Gasteiger partial charge in [0.15, 0.2) is 0 Å². The smallest absolute Gasteiger partial charge is 0.317 e. The molecule has 0 aliphatic rings. The second-order valence-corrected chi connectivity index (χ2v) is 6.56. The minimum atomic E-state index is -0.0658. The van der Waals surface area contributed by atoms with Gasteiger partial charge in [0.2, 0.25) is 0 Å². The van der Waals surface area contributed by atoms with Gasteiger partial charge >= 0.3 is 6.03 Å². The van der Waals surface area contributed by atoms with Gasteiger partial charge in [0, 0.05) is 31.9 Å². The maximum Gasteiger partial charge on any atom is 0.317 e. The lowest BCUT2D eigenvalue weighted by Gasteiger charge is -2.23. The summed E-state index contributed by atoms with van der Waals surface area (Å²) in [6.07, 6.45) is 1.75. The van der Waals surface area contributed by atoms with Crippen LogP contribution in [0.3, 0.4) is 0 Å². The van der Waals surface area contributed by atoms with E-state index in [0.717, 1.165) is 23.5 Å². The van der Waals surface area contributed by atoms with Crippen LogP contribution in [-0.4, -0.2) is 33.8 Å². The number of urea groups is 1. The van der Waals surface area contributed by atoms with E-state index in [0.29, 0.717) is 25.6 Å². The van der Waals surface area contributed by atoms with Gasteiger partial charge in [-0.05, 0) is 31.4 Å². The fourth-order valence-electron chi connectivity index (χ4n) is 2.77. The number of hydrogen-bond donors (Lipinski definition) is 1. The van der Waals surface area contributed by atoms with Crippen molar-refractivity contribution in [3.8, 4) is 0 Å². The minimum absolute atomic E-state index is 0.0658. The molecule has 2 rings (SSSR count). The Bertz CT molecular complexity index is 693. The van der Waals surface area contributed by atoms with Crippen molar-refractivity contribution in [3.05, 3.63) is 66.0 Å². The summed E-state index contributed by atoms with van der Waals surface area (Å²) in [4.78, 5) is 14.3. The molecule has 1 aromatic carbocycles. The minimum Gasteiger partial charge on any atom is -0.338 e. The molecule has 0 radical (unpaired) electrons. The van der Waals surface area contributed by atoms with Crippen molar-refractivity contribution in [2.45, 2.75) is 33.9 Å². The van der Waals surface area contributed by atoms with E-state index < -0.39 is 0 Å². The first-order valence-electron chi connectivity index (χ1n) is 8.68. The molecule has 0 spiro atoms. The lowest BCUT2D eigenvalue weighted by atomic mass is 10.2. The Morgan fingerprint density at radius 3 is 2.68 bits per heavy atom. The maximum absolute atomic E-state index is 12.5. The molecule has 2 amide bonds. The molecule has 0 aliphatic carbocycles. The summed E-state index contributed by atoms with van der Waals surface area (Å²) in [5, 5.41) is 7.51. The van der Waals surface area contributed by atoms with E-state index in [-0.39, 0.29) is 6.03 Å². The molecular weight excluding hydrogens is 312 g/mol. The molecule has 134 valence electrons. The van der Waals surface area contributed by atoms with Crippen molar-refractivity contribution < 1.29 is 4.79 Å². The number of benzene rings is 1. The molecule has 0 fully saturated rings. The van der Waals surface area contributed by atoms with Gasteiger partial charge in [0.1, 0.15) is 0 Å². The van der Waals surface area contributed by atoms with Gasteiger partial charge in [-0.15, -0.1) is 6.58 Å². The first kappa shape index (κ1) is 18.8. The molecule has 5 nitrogen and oxygen atoms in total. The molecule has 1 atom stereocenters. The Morgan fingerprint density at radius 1 is 1.36 bits per heavy atom. The number of carbonyl (C=O) groups excluding carboxylic acids is 1. The Balaban J connectivity index is 1.87. The Labute approximate surface area is 150 Å². The van der Waals surface area contributed by atoms with Crippen molar-refractivity contribution in [2.24, 2.45) is 5.92 Å². The standard InChI is InChI=1S/C20H28N4O/c1-5-11-23(15-19-9-7-6-8-10-19)20(25)21-13-16(2)14-24-18(4)12-17(3)22-24/h5-10,12,16H,1,11,13-15H2,2-4H3,(H,21,25). The third-order valence-corrected chi connectivity index (χ3v) is 4.04. The van der Waals surface area contributed by atoms with E-state index in [1.165, 1.54) is 0 Å². The molecule has 0 saturated carbocycles. The van der Waals surface area contributed by atoms with Crippen molar-refractivity contribution >= 4 is 6.03 Å². The molecule has 1 aromatic heterocycles. The molecule has 1 heterocycles. The Morgan fingerprint density at radius 2 is 2.08 bits per heavy atom. The first-order chi connectivity index (χ1) is 12.0. The summed E-state index contributed by atoms with van der Waals surface area (Å²) in [5.41, 5.74) is 3.27. The highest BCUT2D eigenvalue weighted by Gasteiger charge is 2.14. The summed E-state index contributed by atoms with van der Waals surface area (Å²) in [6, 6.07) is 12.0. The molecule has 1 unspecified atom stereocenters. The van der Waals surface area contributed by atoms with E-state index in [1.54, 1.807) is 11.0 Å². The number of hydrogen-bond acceptors (Lipinski definition) is 2. The van der Waals surface area contributed by atoms with Gasteiger partial charge in [0.05, 0.1) is 5.69 Å². The van der Waals surface area contributed by atoms with Crippen LogP contribution < -0.4 is 5.32 Å². The molecule has 1 N–H and O–H groups in total. The Hall–Kier alpha value is -2.56. The Kier molecular flexibility index (Phi) is 6.81. The van der Waals surface area contributed by atoms with Crippen molar-refractivity contribution in [1.29, 1.82) is 0 Å². The van der Waals surface area contributed by atoms with Gasteiger partial charge in [-0.1, -0.05) is 43.3 Å². The third kappa shape index (κ3) is 5.78. The predicted octanol–water partition coefficient (Wildman–Crippen LogP) is 3.53. The van der Waals surface area contributed by atoms with Gasteiger partial charge < -0.3 is 10.2 Å². The molecular formula is C20H28N4O. The second kappa shape index (κ2) is 9.06. The molecule has 0 saturated heterocycles. The molecule has 5 heteroatoms. The summed E-state index contributed by atoms with van der Waals surface area (Å²) in [6.45, 7) is 12.4. The number of amides is 2. The van der Waals surface area contributed by atoms with E-state index in [2.05, 4.69) is 36.9 Å². The lowest BCUT2D eigenvalue weighted by molar-refractivity contribution is 0.198. The van der Waals surface area contributed by atoms with E-state index >= 15 is 0 Å². The first-order valence-corrected chi connectivity index (χ1v) is 8.68. The maximum atomic E-state index is 12.5. The topological polar surface area (TPSA) is 50.2 Å². The highest BCUT2D eigenvalue weighted by molar-refractivity contribution is 5.74. The zero-order valence-electron chi connectivity index (χ0n) is 15.4. The van der Waals surface area contributed by atoms with Gasteiger partial charge in [-0.25, -0.2) is 4.79 Å². The van der Waals surface area contributed by atoms with Crippen LogP contribution in [0.1, 0.15) is 23.9 Å². The van der Waals surface area contributed by atoms with Crippen LogP contribution in [0, 0.1) is 19.8 Å². The molecule has 0 bridgehead atoms. The fourth-order valence-corrected chi connectivity index (χ4v) is 2.77. The number of rotatable bonds is 8. The van der Waals surface area contributed by atoms with Crippen LogP contribution in [0.2, 0.25) is 0 Å². The predicted molar refractivity (Wildman–Crippen MR) is 101 cm³/mol. The lowest BCUT2D eigenvalue weighted by Crippen LogP contribution is -2.41. The third-order valence-electron chi connectivity index (χ3n) is 4.04. The monoisotopic (exact) mass is 340 g/mol. The number of aryl methyl sites for hydroxylation is 2. The molecule has 0 aliphatic heterocycles. The zero-order valence-corrected chi connectivity index (χ0v) is 15.4. The summed E-state index contributed by atoms with van der Waals surface area (Å²) < 4.78 is 2.00. The number of carbonyl (C=O) groups is 1. The number of nitrogens with zero attached hydrogens (tertiary/aromatic N) is 3. The van der Waals surface area contributed by atoms with E-state index in [1.807, 2.05) is 41.9 Å². The van der Waals surface area contributed by atoms with Crippen molar-refractivity contribution in [3.63, 3.8) is 0 Å². The van der Waals surface area contributed by atoms with E-state index in [4.69, 9.17) is 0 Å². The number of aromatic nitrogens is 2. The average Bonchev–Trinajstić information content (AvgIpc) is 2.90. The van der Waals surface area contributed by atoms with Gasteiger partial charge in [-0.2, -0.15) is 5.10 Å². The fraction of sp³-hybridized carbons (Fsp3) is 0.400. The van der Waals surface area contributed by atoms with Gasteiger partial charge in [-0.3, -0.25) is 4.68 Å². The van der Waals surface area contributed by atoms with Crippen molar-refractivity contribution in [1.82, 2.24) is 20.0 Å². The van der Waals surface area contributed by atoms with Crippen molar-refractivity contribution in [2.75, 3.05) is 13.1 Å². The van der Waals surface area contributed by atoms with E-state index in [9.17, 15) is 4.79 Å². The normalized spacial score (nSPS) is 11.8. The van der Waals surface area contributed by atoms with Crippen LogP contribution in [0.4, 0.5) is 4.79 Å². The zero-order chi connectivity index (χ0) is 18.2. The average molecular weight is 340 g/mol. The van der Waals surface area contributed by atoms with Crippen LogP contribution in [0.5, 0.6) is 0 Å². The highest BCUT2D eigenvalue weighted by atomic mass is 16.2. The molecule has 2 aromatic rings. The van der Waals surface area contributed by atoms with Gasteiger partial charge in [0.25, 0.3) is 0 Å². The number of nitrogens with one attached hydrogen (secondary N) is 1. The van der Waals surface area contributed by atoms with Crippen LogP contribution >= 0.6 is 0 Å². The van der Waals surface area contributed by atoms with Crippen LogP contribution in [-0.2, 0) is 13.1 Å². The summed E-state index contributed by atoms with van der Waals surface area (Å²) >= 11 is 0. The van der Waals surface area contributed by atoms with Crippen LogP contribution in [0.25, 0.3) is 0 Å². The van der Waals surface area contributed by atoms with Crippen LogP contribution in [0.15, 0.2) is 49.1 Å². The summed E-state index contributed by atoms with van der Waals surface area (Å²) in [5.74, 6) is 0.296.